The minimum absolute atomic E-state index is 0.00288. The number of rotatable bonds is 8. The van der Waals surface area contributed by atoms with E-state index in [-0.39, 0.29) is 12.3 Å². The van der Waals surface area contributed by atoms with Crippen LogP contribution in [0.1, 0.15) is 42.4 Å². The van der Waals surface area contributed by atoms with Crippen LogP contribution in [0.3, 0.4) is 0 Å². The van der Waals surface area contributed by atoms with E-state index in [0.717, 1.165) is 19.3 Å². The molecule has 0 aromatic heterocycles. The summed E-state index contributed by atoms with van der Waals surface area (Å²) in [6.07, 6.45) is 3.72. The normalized spacial score (nSPS) is 11.7. The summed E-state index contributed by atoms with van der Waals surface area (Å²) in [6, 6.07) is 15.1. The fourth-order valence-corrected chi connectivity index (χ4v) is 3.34. The van der Waals surface area contributed by atoms with E-state index in [9.17, 15) is 9.59 Å². The van der Waals surface area contributed by atoms with Crippen LogP contribution < -0.4 is 5.32 Å². The molecule has 1 aliphatic rings. The number of aliphatic carboxylic acids is 1. The molecule has 0 aliphatic heterocycles. The van der Waals surface area contributed by atoms with Gasteiger partial charge in [-0.15, -0.1) is 0 Å². The summed E-state index contributed by atoms with van der Waals surface area (Å²) < 4.78 is 0. The molecule has 0 saturated heterocycles. The molecular formula is C21H23NO3. The molecule has 130 valence electrons. The molecule has 1 amide bonds. The predicted octanol–water partition coefficient (Wildman–Crippen LogP) is 3.56. The SMILES string of the molecule is O=C(O)CCCNC(=O)CCCc1ccc2c(c1)-c1ccccc1C2. The van der Waals surface area contributed by atoms with E-state index < -0.39 is 5.97 Å². The molecular weight excluding hydrogens is 314 g/mol. The fourth-order valence-electron chi connectivity index (χ4n) is 3.34. The summed E-state index contributed by atoms with van der Waals surface area (Å²) in [6.45, 7) is 0.431. The molecule has 0 radical (unpaired) electrons. The first-order chi connectivity index (χ1) is 12.1. The molecule has 4 heteroatoms. The van der Waals surface area contributed by atoms with Gasteiger partial charge in [-0.1, -0.05) is 42.5 Å². The van der Waals surface area contributed by atoms with Gasteiger partial charge < -0.3 is 10.4 Å². The molecule has 1 aliphatic carbocycles. The minimum Gasteiger partial charge on any atom is -0.481 e. The van der Waals surface area contributed by atoms with Crippen molar-refractivity contribution in [1.29, 1.82) is 0 Å². The average molecular weight is 337 g/mol. The number of fused-ring (bicyclic) bond motifs is 3. The van der Waals surface area contributed by atoms with Crippen LogP contribution in [-0.4, -0.2) is 23.5 Å². The van der Waals surface area contributed by atoms with Gasteiger partial charge >= 0.3 is 5.97 Å². The number of carboxylic acid groups (broad SMARTS) is 1. The van der Waals surface area contributed by atoms with Crippen molar-refractivity contribution in [3.05, 3.63) is 59.2 Å². The Hall–Kier alpha value is -2.62. The number of benzene rings is 2. The predicted molar refractivity (Wildman–Crippen MR) is 97.5 cm³/mol. The van der Waals surface area contributed by atoms with Gasteiger partial charge in [-0.2, -0.15) is 0 Å². The van der Waals surface area contributed by atoms with Crippen molar-refractivity contribution in [2.45, 2.75) is 38.5 Å². The Kier molecular flexibility index (Phi) is 5.49. The number of carbonyl (C=O) groups excluding carboxylic acids is 1. The van der Waals surface area contributed by atoms with E-state index in [4.69, 9.17) is 5.11 Å². The topological polar surface area (TPSA) is 66.4 Å². The van der Waals surface area contributed by atoms with Crippen molar-refractivity contribution in [3.63, 3.8) is 0 Å². The van der Waals surface area contributed by atoms with E-state index >= 15 is 0 Å². The van der Waals surface area contributed by atoms with Crippen molar-refractivity contribution < 1.29 is 14.7 Å². The molecule has 0 spiro atoms. The van der Waals surface area contributed by atoms with Crippen LogP contribution in [0.15, 0.2) is 42.5 Å². The number of hydrogen-bond acceptors (Lipinski definition) is 2. The van der Waals surface area contributed by atoms with Crippen molar-refractivity contribution in [1.82, 2.24) is 5.32 Å². The van der Waals surface area contributed by atoms with Crippen LogP contribution in [-0.2, 0) is 22.4 Å². The van der Waals surface area contributed by atoms with Crippen LogP contribution in [0.25, 0.3) is 11.1 Å². The standard InChI is InChI=1S/C21H23NO3/c23-20(22-12-4-9-21(24)25)8-3-5-15-10-11-17-14-16-6-1-2-7-18(16)19(17)13-15/h1-2,6-7,10-11,13H,3-5,8-9,12,14H2,(H,22,23)(H,24,25). The summed E-state index contributed by atoms with van der Waals surface area (Å²) in [5.74, 6) is -0.829. The molecule has 0 fully saturated rings. The van der Waals surface area contributed by atoms with E-state index in [1.165, 1.54) is 27.8 Å². The smallest absolute Gasteiger partial charge is 0.303 e. The number of hydrogen-bond donors (Lipinski definition) is 2. The lowest BCUT2D eigenvalue weighted by Gasteiger charge is -2.07. The highest BCUT2D eigenvalue weighted by Gasteiger charge is 2.17. The van der Waals surface area contributed by atoms with E-state index in [1.807, 2.05) is 0 Å². The summed E-state index contributed by atoms with van der Waals surface area (Å²) in [7, 11) is 0. The number of nitrogens with one attached hydrogen (secondary N) is 1. The molecule has 0 unspecified atom stereocenters. The number of aryl methyl sites for hydroxylation is 1. The molecule has 2 N–H and O–H groups in total. The van der Waals surface area contributed by atoms with Gasteiger partial charge in [0.15, 0.2) is 0 Å². The van der Waals surface area contributed by atoms with E-state index in [1.54, 1.807) is 0 Å². The first-order valence-corrected chi connectivity index (χ1v) is 8.82. The zero-order chi connectivity index (χ0) is 17.6. The Morgan fingerprint density at radius 1 is 0.960 bits per heavy atom. The second-order valence-electron chi connectivity index (χ2n) is 6.53. The van der Waals surface area contributed by atoms with Crippen molar-refractivity contribution in [3.8, 4) is 11.1 Å². The molecule has 2 aromatic rings. The second-order valence-corrected chi connectivity index (χ2v) is 6.53. The molecule has 3 rings (SSSR count). The quantitative estimate of drug-likeness (QED) is 0.618. The monoisotopic (exact) mass is 337 g/mol. The maximum absolute atomic E-state index is 11.8. The Labute approximate surface area is 147 Å². The maximum atomic E-state index is 11.8. The van der Waals surface area contributed by atoms with Crippen molar-refractivity contribution in [2.24, 2.45) is 0 Å². The minimum atomic E-state index is -0.826. The third kappa shape index (κ3) is 4.47. The summed E-state index contributed by atoms with van der Waals surface area (Å²) in [5.41, 5.74) is 6.67. The Morgan fingerprint density at radius 2 is 1.76 bits per heavy atom. The van der Waals surface area contributed by atoms with Gasteiger partial charge in [-0.25, -0.2) is 0 Å². The molecule has 2 aromatic carbocycles. The van der Waals surface area contributed by atoms with Crippen LogP contribution in [0.2, 0.25) is 0 Å². The van der Waals surface area contributed by atoms with Gasteiger partial charge in [0.25, 0.3) is 0 Å². The number of amides is 1. The third-order valence-electron chi connectivity index (χ3n) is 4.62. The molecule has 4 nitrogen and oxygen atoms in total. The number of carboxylic acids is 1. The maximum Gasteiger partial charge on any atom is 0.303 e. The highest BCUT2D eigenvalue weighted by atomic mass is 16.4. The summed E-state index contributed by atoms with van der Waals surface area (Å²) in [4.78, 5) is 22.2. The van der Waals surface area contributed by atoms with Gasteiger partial charge in [0, 0.05) is 19.4 Å². The van der Waals surface area contributed by atoms with E-state index in [0.29, 0.717) is 19.4 Å². The first-order valence-electron chi connectivity index (χ1n) is 8.82. The largest absolute Gasteiger partial charge is 0.481 e. The van der Waals surface area contributed by atoms with Crippen LogP contribution in [0.4, 0.5) is 0 Å². The lowest BCUT2D eigenvalue weighted by Crippen LogP contribution is -2.24. The Bertz CT molecular complexity index is 782. The summed E-state index contributed by atoms with van der Waals surface area (Å²) >= 11 is 0. The summed E-state index contributed by atoms with van der Waals surface area (Å²) in [5, 5.41) is 11.3. The van der Waals surface area contributed by atoms with Gasteiger partial charge in [0.1, 0.15) is 0 Å². The second kappa shape index (κ2) is 7.97. The van der Waals surface area contributed by atoms with E-state index in [2.05, 4.69) is 47.8 Å². The zero-order valence-corrected chi connectivity index (χ0v) is 14.3. The molecule has 0 atom stereocenters. The zero-order valence-electron chi connectivity index (χ0n) is 14.3. The van der Waals surface area contributed by atoms with Gasteiger partial charge in [0.2, 0.25) is 5.91 Å². The average Bonchev–Trinajstić information content (AvgIpc) is 2.97. The highest BCUT2D eigenvalue weighted by molar-refractivity contribution is 5.77. The Balaban J connectivity index is 1.47. The van der Waals surface area contributed by atoms with Gasteiger partial charge in [0.05, 0.1) is 0 Å². The van der Waals surface area contributed by atoms with Gasteiger partial charge in [-0.3, -0.25) is 9.59 Å². The van der Waals surface area contributed by atoms with Crippen LogP contribution >= 0.6 is 0 Å². The molecule has 0 bridgehead atoms. The molecule has 0 heterocycles. The van der Waals surface area contributed by atoms with Crippen LogP contribution in [0, 0.1) is 0 Å². The third-order valence-corrected chi connectivity index (χ3v) is 4.62. The Morgan fingerprint density at radius 3 is 2.60 bits per heavy atom. The lowest BCUT2D eigenvalue weighted by atomic mass is 10.00. The molecule has 0 saturated carbocycles. The first kappa shape index (κ1) is 17.2. The highest BCUT2D eigenvalue weighted by Crippen LogP contribution is 2.36. The van der Waals surface area contributed by atoms with Crippen molar-refractivity contribution in [2.75, 3.05) is 6.54 Å². The molecule has 25 heavy (non-hydrogen) atoms. The lowest BCUT2D eigenvalue weighted by molar-refractivity contribution is -0.137. The van der Waals surface area contributed by atoms with Crippen molar-refractivity contribution >= 4 is 11.9 Å². The fraction of sp³-hybridized carbons (Fsp3) is 0.333. The number of carbonyl (C=O) groups is 2. The van der Waals surface area contributed by atoms with Gasteiger partial charge in [-0.05, 0) is 53.5 Å². The van der Waals surface area contributed by atoms with Crippen LogP contribution in [0.5, 0.6) is 0 Å².